The van der Waals surface area contributed by atoms with Crippen LogP contribution in [0.2, 0.25) is 0 Å². The number of aromatic amines is 1. The molecule has 0 radical (unpaired) electrons. The normalized spacial score (nSPS) is 10.9. The van der Waals surface area contributed by atoms with Gasteiger partial charge in [-0.15, -0.1) is 0 Å². The number of carbonyl (C=O) groups is 1. The number of hydrogen-bond donors (Lipinski definition) is 4. The van der Waals surface area contributed by atoms with Gasteiger partial charge in [0.05, 0.1) is 18.1 Å². The van der Waals surface area contributed by atoms with Gasteiger partial charge in [0.25, 0.3) is 0 Å². The number of urea groups is 1. The molecule has 1 aromatic carbocycles. The van der Waals surface area contributed by atoms with Gasteiger partial charge in [-0.25, -0.2) is 14.8 Å². The number of rotatable bonds is 7. The van der Waals surface area contributed by atoms with Crippen LogP contribution < -0.4 is 20.7 Å². The molecule has 4 aromatic rings. The molecule has 2 amide bonds. The molecule has 170 valence electrons. The standard InChI is InChI=1S/C24H27N7O2/c1-5-25-24(32)31-23-29-18-12-16(15-8-9-20(27-13-15)28-14(2)3)11-17(21(18)30-23)22-19(33-4)7-6-10-26-22/h6-14H,5H2,1-4H3,(H,27,28)(H3,25,29,30,31,32). The highest BCUT2D eigenvalue weighted by Gasteiger charge is 2.17. The highest BCUT2D eigenvalue weighted by molar-refractivity contribution is 5.98. The molecule has 0 unspecified atom stereocenters. The maximum absolute atomic E-state index is 12.0. The first kappa shape index (κ1) is 22.1. The zero-order valence-corrected chi connectivity index (χ0v) is 19.1. The van der Waals surface area contributed by atoms with E-state index in [1.54, 1.807) is 13.3 Å². The largest absolute Gasteiger partial charge is 0.494 e. The first-order valence-corrected chi connectivity index (χ1v) is 10.8. The molecular weight excluding hydrogens is 418 g/mol. The number of methoxy groups -OCH3 is 1. The first-order chi connectivity index (χ1) is 16.0. The summed E-state index contributed by atoms with van der Waals surface area (Å²) in [5, 5.41) is 8.73. The average Bonchev–Trinajstić information content (AvgIpc) is 3.20. The van der Waals surface area contributed by atoms with Crippen LogP contribution in [-0.2, 0) is 0 Å². The van der Waals surface area contributed by atoms with Crippen LogP contribution >= 0.6 is 0 Å². The molecule has 9 nitrogen and oxygen atoms in total. The summed E-state index contributed by atoms with van der Waals surface area (Å²) in [5.74, 6) is 1.80. The fraction of sp³-hybridized carbons (Fsp3) is 0.250. The first-order valence-electron chi connectivity index (χ1n) is 10.8. The van der Waals surface area contributed by atoms with Gasteiger partial charge in [-0.2, -0.15) is 0 Å². The van der Waals surface area contributed by atoms with Crippen LogP contribution in [0.15, 0.2) is 48.8 Å². The van der Waals surface area contributed by atoms with Crippen LogP contribution in [-0.4, -0.2) is 45.7 Å². The van der Waals surface area contributed by atoms with Crippen molar-refractivity contribution in [2.75, 3.05) is 24.3 Å². The molecule has 9 heteroatoms. The lowest BCUT2D eigenvalue weighted by molar-refractivity contribution is 0.252. The number of imidazole rings is 1. The maximum Gasteiger partial charge on any atom is 0.321 e. The minimum atomic E-state index is -0.328. The molecule has 33 heavy (non-hydrogen) atoms. The molecule has 0 atom stereocenters. The highest BCUT2D eigenvalue weighted by atomic mass is 16.5. The number of carbonyl (C=O) groups excluding carboxylic acids is 1. The van der Waals surface area contributed by atoms with Gasteiger partial charge in [-0.3, -0.25) is 10.3 Å². The van der Waals surface area contributed by atoms with Crippen molar-refractivity contribution >= 4 is 28.8 Å². The Morgan fingerprint density at radius 2 is 2.00 bits per heavy atom. The molecule has 0 aliphatic rings. The van der Waals surface area contributed by atoms with E-state index in [2.05, 4.69) is 49.7 Å². The predicted octanol–water partition coefficient (Wildman–Crippen LogP) is 4.66. The summed E-state index contributed by atoms with van der Waals surface area (Å²) in [5.41, 5.74) is 4.76. The third-order valence-corrected chi connectivity index (χ3v) is 4.94. The third-order valence-electron chi connectivity index (χ3n) is 4.94. The summed E-state index contributed by atoms with van der Waals surface area (Å²) < 4.78 is 5.55. The number of fused-ring (bicyclic) bond motifs is 1. The number of amides is 2. The number of pyridine rings is 2. The summed E-state index contributed by atoms with van der Waals surface area (Å²) in [6, 6.07) is 11.6. The van der Waals surface area contributed by atoms with Crippen molar-refractivity contribution in [2.45, 2.75) is 26.8 Å². The van der Waals surface area contributed by atoms with Crippen molar-refractivity contribution < 1.29 is 9.53 Å². The van der Waals surface area contributed by atoms with Crippen molar-refractivity contribution in [3.8, 4) is 28.1 Å². The van der Waals surface area contributed by atoms with E-state index >= 15 is 0 Å². The lowest BCUT2D eigenvalue weighted by Crippen LogP contribution is -2.28. The van der Waals surface area contributed by atoms with E-state index in [9.17, 15) is 4.79 Å². The second-order valence-corrected chi connectivity index (χ2v) is 7.77. The van der Waals surface area contributed by atoms with Crippen molar-refractivity contribution in [3.05, 3.63) is 48.8 Å². The van der Waals surface area contributed by atoms with Gasteiger partial charge < -0.3 is 20.4 Å². The molecule has 3 aromatic heterocycles. The SMILES string of the molecule is CCNC(=O)Nc1nc2cc(-c3ccc(NC(C)C)nc3)cc(-c3ncccc3OC)c2[nH]1. The lowest BCUT2D eigenvalue weighted by atomic mass is 10.0. The molecule has 0 aliphatic carbocycles. The summed E-state index contributed by atoms with van der Waals surface area (Å²) in [4.78, 5) is 28.9. The summed E-state index contributed by atoms with van der Waals surface area (Å²) in [6.07, 6.45) is 3.54. The summed E-state index contributed by atoms with van der Waals surface area (Å²) >= 11 is 0. The molecule has 0 spiro atoms. The lowest BCUT2D eigenvalue weighted by Gasteiger charge is -2.12. The van der Waals surface area contributed by atoms with Crippen LogP contribution in [0.1, 0.15) is 20.8 Å². The second-order valence-electron chi connectivity index (χ2n) is 7.77. The molecule has 4 rings (SSSR count). The second kappa shape index (κ2) is 9.56. The fourth-order valence-electron chi connectivity index (χ4n) is 3.54. The van der Waals surface area contributed by atoms with Crippen LogP contribution in [0, 0.1) is 0 Å². The predicted molar refractivity (Wildman–Crippen MR) is 131 cm³/mol. The number of anilines is 2. The van der Waals surface area contributed by atoms with Crippen molar-refractivity contribution in [2.24, 2.45) is 0 Å². The fourth-order valence-corrected chi connectivity index (χ4v) is 3.54. The number of ether oxygens (including phenoxy) is 1. The zero-order chi connectivity index (χ0) is 23.4. The van der Waals surface area contributed by atoms with Crippen LogP contribution in [0.3, 0.4) is 0 Å². The Kier molecular flexibility index (Phi) is 6.39. The van der Waals surface area contributed by atoms with Gasteiger partial charge in [-0.1, -0.05) is 0 Å². The average molecular weight is 446 g/mol. The molecule has 0 saturated heterocycles. The van der Waals surface area contributed by atoms with E-state index in [-0.39, 0.29) is 6.03 Å². The van der Waals surface area contributed by atoms with Gasteiger partial charge >= 0.3 is 6.03 Å². The smallest absolute Gasteiger partial charge is 0.321 e. The van der Waals surface area contributed by atoms with Gasteiger partial charge in [-0.05, 0) is 62.7 Å². The Morgan fingerprint density at radius 1 is 1.15 bits per heavy atom. The van der Waals surface area contributed by atoms with Crippen LogP contribution in [0.25, 0.3) is 33.4 Å². The van der Waals surface area contributed by atoms with E-state index in [0.717, 1.165) is 28.0 Å². The molecule has 3 heterocycles. The Balaban J connectivity index is 1.84. The Morgan fingerprint density at radius 3 is 2.70 bits per heavy atom. The summed E-state index contributed by atoms with van der Waals surface area (Å²) in [6.45, 7) is 6.51. The molecular formula is C24H27N7O2. The Labute approximate surface area is 192 Å². The molecule has 4 N–H and O–H groups in total. The molecule has 0 aliphatic heterocycles. The van der Waals surface area contributed by atoms with Gasteiger partial charge in [0, 0.05) is 36.1 Å². The van der Waals surface area contributed by atoms with Crippen molar-refractivity contribution in [1.29, 1.82) is 0 Å². The van der Waals surface area contributed by atoms with Gasteiger partial charge in [0.2, 0.25) is 5.95 Å². The van der Waals surface area contributed by atoms with E-state index < -0.39 is 0 Å². The van der Waals surface area contributed by atoms with E-state index in [4.69, 9.17) is 4.74 Å². The molecule has 0 bridgehead atoms. The van der Waals surface area contributed by atoms with Gasteiger partial charge in [0.15, 0.2) is 0 Å². The number of nitrogens with one attached hydrogen (secondary N) is 4. The topological polar surface area (TPSA) is 117 Å². The Bertz CT molecular complexity index is 1270. The van der Waals surface area contributed by atoms with E-state index in [1.165, 1.54) is 0 Å². The minimum absolute atomic E-state index is 0.294. The number of hydrogen-bond acceptors (Lipinski definition) is 6. The quantitative estimate of drug-likeness (QED) is 0.329. The highest BCUT2D eigenvalue weighted by Crippen LogP contribution is 2.36. The molecule has 0 saturated carbocycles. The van der Waals surface area contributed by atoms with Crippen LogP contribution in [0.4, 0.5) is 16.6 Å². The van der Waals surface area contributed by atoms with Crippen molar-refractivity contribution in [3.63, 3.8) is 0 Å². The molecule has 0 fully saturated rings. The monoisotopic (exact) mass is 445 g/mol. The number of nitrogens with zero attached hydrogens (tertiary/aromatic N) is 3. The van der Waals surface area contributed by atoms with Crippen molar-refractivity contribution in [1.82, 2.24) is 25.3 Å². The number of aromatic nitrogens is 4. The maximum atomic E-state index is 12.0. The van der Waals surface area contributed by atoms with Gasteiger partial charge in [0.1, 0.15) is 17.3 Å². The Hall–Kier alpha value is -4.14. The minimum Gasteiger partial charge on any atom is -0.494 e. The number of H-pyrrole nitrogens is 1. The number of benzene rings is 1. The zero-order valence-electron chi connectivity index (χ0n) is 19.1. The van der Waals surface area contributed by atoms with Crippen LogP contribution in [0.5, 0.6) is 5.75 Å². The third kappa shape index (κ3) is 4.87. The van der Waals surface area contributed by atoms with E-state index in [1.807, 2.05) is 49.5 Å². The van der Waals surface area contributed by atoms with E-state index in [0.29, 0.717) is 35.5 Å². The summed E-state index contributed by atoms with van der Waals surface area (Å²) in [7, 11) is 1.61.